The molecule has 0 N–H and O–H groups in total. The van der Waals surface area contributed by atoms with Gasteiger partial charge in [-0.25, -0.2) is 14.4 Å². The number of carbonyl (C=O) groups is 1. The fourth-order valence-corrected chi connectivity index (χ4v) is 3.25. The van der Waals surface area contributed by atoms with Crippen molar-refractivity contribution in [3.05, 3.63) is 90.0 Å². The Labute approximate surface area is 165 Å². The predicted octanol–water partition coefficient (Wildman–Crippen LogP) is 4.80. The number of hydrogen-bond donors (Lipinski definition) is 0. The van der Waals surface area contributed by atoms with Gasteiger partial charge in [-0.3, -0.25) is 0 Å². The number of ether oxygens (including phenoxy) is 1. The van der Waals surface area contributed by atoms with Crippen LogP contribution in [0.25, 0.3) is 33.2 Å². The lowest BCUT2D eigenvalue weighted by molar-refractivity contribution is 0.0475. The number of nitrogens with zero attached hydrogens (tertiary/aromatic N) is 3. The summed E-state index contributed by atoms with van der Waals surface area (Å²) in [4.78, 5) is 17.6. The number of pyridine rings is 1. The molecule has 5 rings (SSSR count). The van der Waals surface area contributed by atoms with Crippen molar-refractivity contribution in [2.45, 2.75) is 6.61 Å². The summed E-state index contributed by atoms with van der Waals surface area (Å²) in [6.45, 7) is 0.124. The van der Waals surface area contributed by atoms with Gasteiger partial charge in [-0.15, -0.1) is 0 Å². The normalized spacial score (nSPS) is 11.0. The van der Waals surface area contributed by atoms with Gasteiger partial charge in [0, 0.05) is 10.9 Å². The summed E-state index contributed by atoms with van der Waals surface area (Å²) in [5, 5.41) is 8.35. The molecule has 0 radical (unpaired) electrons. The summed E-state index contributed by atoms with van der Waals surface area (Å²) in [7, 11) is 0. The van der Waals surface area contributed by atoms with Crippen molar-refractivity contribution in [1.82, 2.24) is 15.3 Å². The van der Waals surface area contributed by atoms with Crippen LogP contribution in [0.1, 0.15) is 15.9 Å². The Morgan fingerprint density at radius 3 is 2.52 bits per heavy atom. The van der Waals surface area contributed by atoms with E-state index in [1.807, 2.05) is 60.7 Å². The minimum Gasteiger partial charge on any atom is -0.457 e. The smallest absolute Gasteiger partial charge is 0.339 e. The first-order valence-electron chi connectivity index (χ1n) is 9.11. The topological polar surface area (TPSA) is 78.1 Å². The third kappa shape index (κ3) is 3.32. The molecule has 140 valence electrons. The number of esters is 1. The van der Waals surface area contributed by atoms with Crippen LogP contribution in [0.4, 0.5) is 0 Å². The second kappa shape index (κ2) is 7.16. The van der Waals surface area contributed by atoms with Crippen LogP contribution in [0.3, 0.4) is 0 Å². The van der Waals surface area contributed by atoms with E-state index >= 15 is 0 Å². The zero-order chi connectivity index (χ0) is 19.6. The van der Waals surface area contributed by atoms with Gasteiger partial charge in [-0.2, -0.15) is 0 Å². The molecule has 0 aliphatic heterocycles. The molecule has 2 aromatic heterocycles. The first-order valence-corrected chi connectivity index (χ1v) is 9.11. The molecule has 0 unspecified atom stereocenters. The van der Waals surface area contributed by atoms with Gasteiger partial charge < -0.3 is 4.74 Å². The summed E-state index contributed by atoms with van der Waals surface area (Å²) in [6, 6.07) is 24.5. The van der Waals surface area contributed by atoms with E-state index in [-0.39, 0.29) is 6.61 Å². The third-order valence-electron chi connectivity index (χ3n) is 4.69. The Morgan fingerprint density at radius 2 is 1.62 bits per heavy atom. The van der Waals surface area contributed by atoms with Crippen molar-refractivity contribution < 1.29 is 14.2 Å². The van der Waals surface area contributed by atoms with E-state index in [4.69, 9.17) is 14.3 Å². The molecule has 6 heteroatoms. The number of para-hydroxylation sites is 1. The largest absolute Gasteiger partial charge is 0.457 e. The van der Waals surface area contributed by atoms with Crippen LogP contribution in [0.5, 0.6) is 0 Å². The first kappa shape index (κ1) is 17.1. The van der Waals surface area contributed by atoms with Crippen LogP contribution in [-0.4, -0.2) is 21.3 Å². The van der Waals surface area contributed by atoms with E-state index in [1.165, 1.54) is 0 Å². The Balaban J connectivity index is 1.48. The fraction of sp³-hybridized carbons (Fsp3) is 0.0435. The van der Waals surface area contributed by atoms with Gasteiger partial charge in [0.1, 0.15) is 17.6 Å². The molecular weight excluding hydrogens is 366 g/mol. The highest BCUT2D eigenvalue weighted by Gasteiger charge is 2.15. The molecule has 2 heterocycles. The summed E-state index contributed by atoms with van der Waals surface area (Å²) in [6.07, 6.45) is 0. The minimum atomic E-state index is -0.404. The molecule has 29 heavy (non-hydrogen) atoms. The second-order valence-electron chi connectivity index (χ2n) is 6.60. The average Bonchev–Trinajstić information content (AvgIpc) is 3.25. The molecule has 6 nitrogen and oxygen atoms in total. The fourth-order valence-electron chi connectivity index (χ4n) is 3.25. The van der Waals surface area contributed by atoms with Crippen LogP contribution >= 0.6 is 0 Å². The van der Waals surface area contributed by atoms with Gasteiger partial charge in [0.15, 0.2) is 0 Å². The van der Waals surface area contributed by atoms with Crippen molar-refractivity contribution in [3.8, 4) is 11.3 Å². The lowest BCUT2D eigenvalue weighted by atomic mass is 10.0. The molecule has 0 aliphatic rings. The first-order chi connectivity index (χ1) is 14.3. The van der Waals surface area contributed by atoms with Crippen LogP contribution < -0.4 is 0 Å². The monoisotopic (exact) mass is 381 g/mol. The Kier molecular flexibility index (Phi) is 4.22. The van der Waals surface area contributed by atoms with E-state index in [0.29, 0.717) is 16.6 Å². The van der Waals surface area contributed by atoms with Gasteiger partial charge in [0.25, 0.3) is 0 Å². The molecular formula is C23H15N3O3. The molecule has 0 saturated heterocycles. The SMILES string of the molecule is O=C(OCc1ccc2nonc2c1)c1cc(-c2ccccc2)nc2ccccc12. The highest BCUT2D eigenvalue weighted by Crippen LogP contribution is 2.25. The van der Waals surface area contributed by atoms with Crippen molar-refractivity contribution in [2.24, 2.45) is 0 Å². The predicted molar refractivity (Wildman–Crippen MR) is 108 cm³/mol. The zero-order valence-corrected chi connectivity index (χ0v) is 15.3. The number of rotatable bonds is 4. The summed E-state index contributed by atoms with van der Waals surface area (Å²) < 4.78 is 10.3. The van der Waals surface area contributed by atoms with Crippen LogP contribution in [0.2, 0.25) is 0 Å². The maximum Gasteiger partial charge on any atom is 0.339 e. The third-order valence-corrected chi connectivity index (χ3v) is 4.69. The molecule has 0 saturated carbocycles. The maximum absolute atomic E-state index is 12.9. The quantitative estimate of drug-likeness (QED) is 0.416. The van der Waals surface area contributed by atoms with Crippen LogP contribution in [0.15, 0.2) is 83.5 Å². The molecule has 0 aliphatic carbocycles. The van der Waals surface area contributed by atoms with Crippen molar-refractivity contribution >= 4 is 27.9 Å². The number of carbonyl (C=O) groups excluding carboxylic acids is 1. The highest BCUT2D eigenvalue weighted by molar-refractivity contribution is 6.04. The highest BCUT2D eigenvalue weighted by atomic mass is 16.6. The number of aromatic nitrogens is 3. The number of hydrogen-bond acceptors (Lipinski definition) is 6. The van der Waals surface area contributed by atoms with Gasteiger partial charge >= 0.3 is 5.97 Å². The van der Waals surface area contributed by atoms with E-state index < -0.39 is 5.97 Å². The van der Waals surface area contributed by atoms with Crippen molar-refractivity contribution in [2.75, 3.05) is 0 Å². The minimum absolute atomic E-state index is 0.124. The van der Waals surface area contributed by atoms with Crippen LogP contribution in [0, 0.1) is 0 Å². The number of benzene rings is 3. The van der Waals surface area contributed by atoms with Crippen molar-refractivity contribution in [1.29, 1.82) is 0 Å². The summed E-state index contributed by atoms with van der Waals surface area (Å²) in [5.74, 6) is -0.404. The Morgan fingerprint density at radius 1 is 0.828 bits per heavy atom. The van der Waals surface area contributed by atoms with E-state index in [0.717, 1.165) is 27.7 Å². The summed E-state index contributed by atoms with van der Waals surface area (Å²) >= 11 is 0. The van der Waals surface area contributed by atoms with E-state index in [9.17, 15) is 4.79 Å². The molecule has 0 atom stereocenters. The summed E-state index contributed by atoms with van der Waals surface area (Å²) in [5.41, 5.74) is 4.99. The van der Waals surface area contributed by atoms with E-state index in [2.05, 4.69) is 10.3 Å². The second-order valence-corrected chi connectivity index (χ2v) is 6.60. The van der Waals surface area contributed by atoms with Crippen molar-refractivity contribution in [3.63, 3.8) is 0 Å². The molecule has 0 amide bonds. The molecule has 5 aromatic rings. The molecule has 0 fully saturated rings. The van der Waals surface area contributed by atoms with E-state index in [1.54, 1.807) is 18.2 Å². The number of fused-ring (bicyclic) bond motifs is 2. The standard InChI is InChI=1S/C23H15N3O3/c27-23(28-14-15-10-11-20-22(12-15)26-29-25-20)18-13-21(16-6-2-1-3-7-16)24-19-9-5-4-8-17(18)19/h1-13H,14H2. The van der Waals surface area contributed by atoms with Gasteiger partial charge in [0.2, 0.25) is 0 Å². The maximum atomic E-state index is 12.9. The molecule has 3 aromatic carbocycles. The molecule has 0 spiro atoms. The van der Waals surface area contributed by atoms with Gasteiger partial charge in [-0.05, 0) is 40.1 Å². The van der Waals surface area contributed by atoms with Gasteiger partial charge in [-0.1, -0.05) is 54.6 Å². The van der Waals surface area contributed by atoms with Crippen LogP contribution in [-0.2, 0) is 11.3 Å². The average molecular weight is 381 g/mol. The van der Waals surface area contributed by atoms with Gasteiger partial charge in [0.05, 0.1) is 16.8 Å². The Bertz CT molecular complexity index is 1330. The lowest BCUT2D eigenvalue weighted by Gasteiger charge is -2.10. The lowest BCUT2D eigenvalue weighted by Crippen LogP contribution is -2.07. The molecule has 0 bridgehead atoms. The zero-order valence-electron chi connectivity index (χ0n) is 15.3. The Hall–Kier alpha value is -4.06.